The average molecular weight is 301 g/mol. The Morgan fingerprint density at radius 1 is 1.14 bits per heavy atom. The van der Waals surface area contributed by atoms with Crippen LogP contribution < -0.4 is 10.3 Å². The number of H-pyrrole nitrogens is 1. The molecule has 0 amide bonds. The number of aryl methyl sites for hydroxylation is 3. The second kappa shape index (κ2) is 7.10. The van der Waals surface area contributed by atoms with Gasteiger partial charge in [-0.3, -0.25) is 4.79 Å². The molecule has 3 nitrogen and oxygen atoms in total. The van der Waals surface area contributed by atoms with E-state index in [1.807, 2.05) is 13.0 Å². The third-order valence-electron chi connectivity index (χ3n) is 4.57. The molecule has 1 atom stereocenters. The fourth-order valence-electron chi connectivity index (χ4n) is 3.19. The first kappa shape index (κ1) is 16.8. The first-order valence-electron chi connectivity index (χ1n) is 8.44. The van der Waals surface area contributed by atoms with Gasteiger partial charge in [0.05, 0.1) is 24.2 Å². The van der Waals surface area contributed by atoms with Crippen molar-refractivity contribution in [3.05, 3.63) is 44.7 Å². The van der Waals surface area contributed by atoms with Crippen LogP contribution in [0.1, 0.15) is 49.1 Å². The zero-order valence-corrected chi connectivity index (χ0v) is 14.6. The summed E-state index contributed by atoms with van der Waals surface area (Å²) in [7, 11) is 0. The number of nitrogens with one attached hydrogen (secondary N) is 2. The molecule has 0 saturated carbocycles. The average Bonchev–Trinajstić information content (AvgIpc) is 2.48. The summed E-state index contributed by atoms with van der Waals surface area (Å²) in [5.41, 5.74) is 5.46. The van der Waals surface area contributed by atoms with Crippen LogP contribution in [-0.2, 0) is 6.54 Å². The smallest absolute Gasteiger partial charge is 0.198 e. The molecule has 0 radical (unpaired) electrons. The molecule has 0 aliphatic heterocycles. The van der Waals surface area contributed by atoms with Gasteiger partial charge in [-0.1, -0.05) is 19.4 Å². The largest absolute Gasteiger partial charge is 0.358 e. The van der Waals surface area contributed by atoms with E-state index in [9.17, 15) is 4.79 Å². The maximum atomic E-state index is 12.9. The minimum absolute atomic E-state index is 0.209. The highest BCUT2D eigenvalue weighted by atomic mass is 16.1. The van der Waals surface area contributed by atoms with Crippen LogP contribution in [0.5, 0.6) is 0 Å². The van der Waals surface area contributed by atoms with Gasteiger partial charge >= 0.3 is 0 Å². The predicted octanol–water partition coefficient (Wildman–Crippen LogP) is 2.66. The van der Waals surface area contributed by atoms with Gasteiger partial charge in [0.2, 0.25) is 0 Å². The number of quaternary nitrogens is 1. The molecule has 0 aliphatic carbocycles. The van der Waals surface area contributed by atoms with Crippen molar-refractivity contribution >= 4 is 10.9 Å². The molecule has 0 fully saturated rings. The summed E-state index contributed by atoms with van der Waals surface area (Å²) in [6.45, 7) is 13.6. The molecule has 1 aromatic carbocycles. The van der Waals surface area contributed by atoms with E-state index in [0.29, 0.717) is 0 Å². The van der Waals surface area contributed by atoms with Gasteiger partial charge in [-0.15, -0.1) is 0 Å². The van der Waals surface area contributed by atoms with Crippen LogP contribution in [0.15, 0.2) is 16.9 Å². The lowest BCUT2D eigenvalue weighted by molar-refractivity contribution is -0.912. The second-order valence-corrected chi connectivity index (χ2v) is 6.45. The zero-order valence-electron chi connectivity index (χ0n) is 14.6. The van der Waals surface area contributed by atoms with Crippen LogP contribution in [0, 0.1) is 20.8 Å². The van der Waals surface area contributed by atoms with E-state index in [-0.39, 0.29) is 5.43 Å². The monoisotopic (exact) mass is 301 g/mol. The molecule has 0 bridgehead atoms. The van der Waals surface area contributed by atoms with Crippen LogP contribution in [0.4, 0.5) is 0 Å². The molecule has 2 N–H and O–H groups in total. The van der Waals surface area contributed by atoms with E-state index in [1.54, 1.807) is 0 Å². The van der Waals surface area contributed by atoms with Crippen LogP contribution in [0.25, 0.3) is 10.9 Å². The lowest BCUT2D eigenvalue weighted by atomic mass is 10.0. The molecular weight excluding hydrogens is 272 g/mol. The van der Waals surface area contributed by atoms with Gasteiger partial charge in [-0.05, 0) is 51.3 Å². The molecule has 3 heteroatoms. The van der Waals surface area contributed by atoms with E-state index in [1.165, 1.54) is 17.7 Å². The number of hydrogen-bond donors (Lipinski definition) is 2. The highest BCUT2D eigenvalue weighted by Crippen LogP contribution is 2.17. The van der Waals surface area contributed by atoms with Crippen LogP contribution in [0.2, 0.25) is 0 Å². The van der Waals surface area contributed by atoms with Crippen LogP contribution >= 0.6 is 0 Å². The number of aromatic nitrogens is 1. The zero-order chi connectivity index (χ0) is 16.3. The molecule has 0 spiro atoms. The van der Waals surface area contributed by atoms with Crippen LogP contribution in [0.3, 0.4) is 0 Å². The summed E-state index contributed by atoms with van der Waals surface area (Å²) in [6.07, 6.45) is 2.42. The van der Waals surface area contributed by atoms with Crippen molar-refractivity contribution in [2.24, 2.45) is 0 Å². The molecule has 22 heavy (non-hydrogen) atoms. The maximum Gasteiger partial charge on any atom is 0.198 e. The highest BCUT2D eigenvalue weighted by Gasteiger charge is 2.16. The van der Waals surface area contributed by atoms with Gasteiger partial charge in [-0.2, -0.15) is 0 Å². The SMILES string of the molecule is CCCC[NH+](CC)Cc1c(C)[nH]c2c(C)cc(C)cc2c1=O. The molecular formula is C19H29N2O+. The molecule has 0 aliphatic rings. The van der Waals surface area contributed by atoms with E-state index in [0.717, 1.165) is 52.9 Å². The lowest BCUT2D eigenvalue weighted by Gasteiger charge is -2.19. The number of aromatic amines is 1. The second-order valence-electron chi connectivity index (χ2n) is 6.45. The third-order valence-corrected chi connectivity index (χ3v) is 4.57. The Morgan fingerprint density at radius 3 is 2.50 bits per heavy atom. The summed E-state index contributed by atoms with van der Waals surface area (Å²) in [5.74, 6) is 0. The van der Waals surface area contributed by atoms with Crippen molar-refractivity contribution in [2.75, 3.05) is 13.1 Å². The van der Waals surface area contributed by atoms with Gasteiger partial charge in [0.1, 0.15) is 6.54 Å². The summed E-state index contributed by atoms with van der Waals surface area (Å²) >= 11 is 0. The van der Waals surface area contributed by atoms with Crippen molar-refractivity contribution in [3.63, 3.8) is 0 Å². The topological polar surface area (TPSA) is 37.3 Å². The molecule has 2 aromatic rings. The molecule has 1 heterocycles. The fourth-order valence-corrected chi connectivity index (χ4v) is 3.19. The van der Waals surface area contributed by atoms with Gasteiger partial charge < -0.3 is 9.88 Å². The molecule has 2 rings (SSSR count). The lowest BCUT2D eigenvalue weighted by Crippen LogP contribution is -3.10. The van der Waals surface area contributed by atoms with Gasteiger partial charge in [-0.25, -0.2) is 0 Å². The van der Waals surface area contributed by atoms with Gasteiger partial charge in [0.25, 0.3) is 0 Å². The Labute approximate surface area is 133 Å². The Balaban J connectivity index is 2.48. The minimum Gasteiger partial charge on any atom is -0.358 e. The predicted molar refractivity (Wildman–Crippen MR) is 93.8 cm³/mol. The Kier molecular flexibility index (Phi) is 5.41. The summed E-state index contributed by atoms with van der Waals surface area (Å²) in [5, 5.41) is 0.837. The third kappa shape index (κ3) is 3.41. The van der Waals surface area contributed by atoms with Crippen LogP contribution in [-0.4, -0.2) is 18.1 Å². The van der Waals surface area contributed by atoms with Gasteiger partial charge in [0.15, 0.2) is 5.43 Å². The van der Waals surface area contributed by atoms with Gasteiger partial charge in [0, 0.05) is 11.1 Å². The van der Waals surface area contributed by atoms with Crippen molar-refractivity contribution in [3.8, 4) is 0 Å². The van der Waals surface area contributed by atoms with Crippen molar-refractivity contribution in [2.45, 2.75) is 54.0 Å². The number of rotatable bonds is 6. The van der Waals surface area contributed by atoms with E-state index >= 15 is 0 Å². The Morgan fingerprint density at radius 2 is 1.86 bits per heavy atom. The number of benzene rings is 1. The molecule has 0 saturated heterocycles. The Bertz CT molecular complexity index is 715. The number of hydrogen-bond acceptors (Lipinski definition) is 1. The number of fused-ring (bicyclic) bond motifs is 1. The highest BCUT2D eigenvalue weighted by molar-refractivity contribution is 5.83. The summed E-state index contributed by atoms with van der Waals surface area (Å²) in [4.78, 5) is 17.9. The van der Waals surface area contributed by atoms with E-state index < -0.39 is 0 Å². The molecule has 1 unspecified atom stereocenters. The maximum absolute atomic E-state index is 12.9. The van der Waals surface area contributed by atoms with E-state index in [4.69, 9.17) is 0 Å². The van der Waals surface area contributed by atoms with Crippen molar-refractivity contribution in [1.82, 2.24) is 4.98 Å². The summed E-state index contributed by atoms with van der Waals surface area (Å²) < 4.78 is 0. The first-order chi connectivity index (χ1) is 10.5. The first-order valence-corrected chi connectivity index (χ1v) is 8.44. The molecule has 120 valence electrons. The normalized spacial score (nSPS) is 12.8. The standard InChI is InChI=1S/C19H28N2O/c1-6-8-9-21(7-2)12-17-15(5)20-18-14(4)10-13(3)11-16(18)19(17)22/h10-11H,6-9,12H2,1-5H3,(H,20,22)/p+1. The van der Waals surface area contributed by atoms with Crippen molar-refractivity contribution < 1.29 is 4.90 Å². The minimum atomic E-state index is 0.209. The van der Waals surface area contributed by atoms with Crippen molar-refractivity contribution in [1.29, 1.82) is 0 Å². The summed E-state index contributed by atoms with van der Waals surface area (Å²) in [6, 6.07) is 4.14. The number of pyridine rings is 1. The Hall–Kier alpha value is -1.61. The fraction of sp³-hybridized carbons (Fsp3) is 0.526. The van der Waals surface area contributed by atoms with E-state index in [2.05, 4.69) is 38.7 Å². The molecule has 1 aromatic heterocycles. The quantitative estimate of drug-likeness (QED) is 0.846. The number of unbranched alkanes of at least 4 members (excludes halogenated alkanes) is 1.